The van der Waals surface area contributed by atoms with Gasteiger partial charge in [0.25, 0.3) is 0 Å². The van der Waals surface area contributed by atoms with Crippen LogP contribution in [0.5, 0.6) is 0 Å². The van der Waals surface area contributed by atoms with Crippen molar-refractivity contribution < 1.29 is 26.3 Å². The third-order valence-electron chi connectivity index (χ3n) is 1.86. The summed E-state index contributed by atoms with van der Waals surface area (Å²) in [5.74, 6) is 0. The van der Waals surface area contributed by atoms with Gasteiger partial charge in [-0.3, -0.25) is 0 Å². The molecule has 1 aromatic rings. The van der Waals surface area contributed by atoms with Crippen molar-refractivity contribution >= 4 is 0 Å². The van der Waals surface area contributed by atoms with Crippen molar-refractivity contribution in [3.8, 4) is 0 Å². The lowest BCUT2D eigenvalue weighted by molar-refractivity contribution is -0.162. The van der Waals surface area contributed by atoms with E-state index in [0.717, 1.165) is 19.1 Å². The maximum absolute atomic E-state index is 12.3. The van der Waals surface area contributed by atoms with Gasteiger partial charge in [0, 0.05) is 0 Å². The van der Waals surface area contributed by atoms with E-state index in [4.69, 9.17) is 0 Å². The van der Waals surface area contributed by atoms with E-state index in [1.165, 1.54) is 0 Å². The fourth-order valence-electron chi connectivity index (χ4n) is 1.28. The van der Waals surface area contributed by atoms with Gasteiger partial charge in [0.15, 0.2) is 0 Å². The summed E-state index contributed by atoms with van der Waals surface area (Å²) in [6.45, 7) is 0.998. The Balaban J connectivity index is 0.00000225. The lowest BCUT2D eigenvalue weighted by Crippen LogP contribution is -2.17. The van der Waals surface area contributed by atoms with Crippen LogP contribution in [-0.2, 0) is 12.4 Å². The third kappa shape index (κ3) is 2.88. The molecule has 0 spiro atoms. The Morgan fingerprint density at radius 1 is 0.875 bits per heavy atom. The fraction of sp³-hybridized carbons (Fsp3) is 0.333. The van der Waals surface area contributed by atoms with Gasteiger partial charge in [0.05, 0.1) is 11.1 Å². The predicted octanol–water partition coefficient (Wildman–Crippen LogP) is 4.19. The van der Waals surface area contributed by atoms with Crippen molar-refractivity contribution in [1.29, 1.82) is 0 Å². The molecule has 0 heterocycles. The molecule has 16 heavy (non-hydrogen) atoms. The summed E-state index contributed by atoms with van der Waals surface area (Å²) in [4.78, 5) is 0. The smallest absolute Gasteiger partial charge is 0.344 e. The molecule has 1 aromatic carbocycles. The maximum Gasteiger partial charge on any atom is 0.417 e. The Labute approximate surface area is 87.7 Å². The lowest BCUT2D eigenvalue weighted by Gasteiger charge is -2.17. The van der Waals surface area contributed by atoms with Gasteiger partial charge in [-0.2, -0.15) is 26.3 Å². The first kappa shape index (κ1) is 14.8. The average Bonchev–Trinajstić information content (AvgIpc) is 1.99. The van der Waals surface area contributed by atoms with Crippen molar-refractivity contribution in [3.05, 3.63) is 34.9 Å². The van der Waals surface area contributed by atoms with Crippen molar-refractivity contribution in [2.75, 3.05) is 0 Å². The van der Waals surface area contributed by atoms with Crippen molar-refractivity contribution in [2.24, 2.45) is 0 Å². The normalized spacial score (nSPS) is 12.2. The van der Waals surface area contributed by atoms with Crippen molar-refractivity contribution in [2.45, 2.75) is 19.3 Å². The highest BCUT2D eigenvalue weighted by Crippen LogP contribution is 2.41. The van der Waals surface area contributed by atoms with Crippen LogP contribution in [0.2, 0.25) is 0 Å². The number of rotatable bonds is 0. The van der Waals surface area contributed by atoms with Gasteiger partial charge in [0.1, 0.15) is 0 Å². The van der Waals surface area contributed by atoms with Gasteiger partial charge in [-0.1, -0.05) is 12.1 Å². The standard InChI is InChI=1S/C9H6F6.H3N/c1-5-3-2-4-6(8(10,11)12)7(5)9(13,14)15;/h2-4H,1H3;1H3. The molecule has 0 bridgehead atoms. The molecule has 0 fully saturated rings. The first-order valence-electron chi connectivity index (χ1n) is 3.88. The molecule has 0 atom stereocenters. The van der Waals surface area contributed by atoms with Crippen LogP contribution in [0.15, 0.2) is 18.2 Å². The van der Waals surface area contributed by atoms with E-state index in [2.05, 4.69) is 0 Å². The van der Waals surface area contributed by atoms with Gasteiger partial charge in [-0.25, -0.2) is 0 Å². The minimum absolute atomic E-state index is 0. The summed E-state index contributed by atoms with van der Waals surface area (Å²) >= 11 is 0. The highest BCUT2D eigenvalue weighted by Gasteiger charge is 2.43. The Hall–Kier alpha value is -1.24. The van der Waals surface area contributed by atoms with E-state index < -0.39 is 29.0 Å². The zero-order valence-corrected chi connectivity index (χ0v) is 8.21. The van der Waals surface area contributed by atoms with Gasteiger partial charge >= 0.3 is 12.4 Å². The summed E-state index contributed by atoms with van der Waals surface area (Å²) in [6, 6.07) is 2.38. The SMILES string of the molecule is Cc1cccc(C(F)(F)F)c1C(F)(F)F.N. The van der Waals surface area contributed by atoms with Crippen LogP contribution in [0.3, 0.4) is 0 Å². The minimum atomic E-state index is -4.99. The molecule has 0 aliphatic rings. The van der Waals surface area contributed by atoms with Gasteiger partial charge in [0.2, 0.25) is 0 Å². The van der Waals surface area contributed by atoms with E-state index in [1.807, 2.05) is 0 Å². The zero-order valence-electron chi connectivity index (χ0n) is 8.21. The Morgan fingerprint density at radius 3 is 1.69 bits per heavy atom. The molecule has 0 amide bonds. The van der Waals surface area contributed by atoms with E-state index in [0.29, 0.717) is 6.07 Å². The lowest BCUT2D eigenvalue weighted by atomic mass is 10.0. The number of halogens is 6. The average molecular weight is 245 g/mol. The van der Waals surface area contributed by atoms with Crippen LogP contribution in [0.4, 0.5) is 26.3 Å². The van der Waals surface area contributed by atoms with Gasteiger partial charge in [-0.05, 0) is 18.6 Å². The molecule has 92 valence electrons. The Bertz CT molecular complexity index is 365. The van der Waals surface area contributed by atoms with Crippen LogP contribution < -0.4 is 6.15 Å². The zero-order chi connectivity index (χ0) is 11.9. The summed E-state index contributed by atoms with van der Waals surface area (Å²) in [5.41, 5.74) is -3.69. The summed E-state index contributed by atoms with van der Waals surface area (Å²) in [6.07, 6.45) is -9.98. The number of alkyl halides is 6. The van der Waals surface area contributed by atoms with Crippen LogP contribution in [0.1, 0.15) is 16.7 Å². The first-order valence-corrected chi connectivity index (χ1v) is 3.88. The summed E-state index contributed by atoms with van der Waals surface area (Å²) < 4.78 is 73.8. The quantitative estimate of drug-likeness (QED) is 0.683. The molecule has 1 rings (SSSR count). The molecule has 7 heteroatoms. The van der Waals surface area contributed by atoms with Crippen LogP contribution in [0, 0.1) is 6.92 Å². The molecule has 0 unspecified atom stereocenters. The number of aryl methyl sites for hydroxylation is 1. The fourth-order valence-corrected chi connectivity index (χ4v) is 1.28. The highest BCUT2D eigenvalue weighted by atomic mass is 19.4. The molecular formula is C9H9F6N. The second kappa shape index (κ2) is 4.32. The predicted molar refractivity (Wildman–Crippen MR) is 46.2 cm³/mol. The van der Waals surface area contributed by atoms with Crippen LogP contribution >= 0.6 is 0 Å². The molecule has 0 aliphatic heterocycles. The third-order valence-corrected chi connectivity index (χ3v) is 1.86. The van der Waals surface area contributed by atoms with Crippen LogP contribution in [-0.4, -0.2) is 0 Å². The van der Waals surface area contributed by atoms with Crippen LogP contribution in [0.25, 0.3) is 0 Å². The summed E-state index contributed by atoms with van der Waals surface area (Å²) in [7, 11) is 0. The number of hydrogen-bond acceptors (Lipinski definition) is 1. The molecule has 3 N–H and O–H groups in total. The Morgan fingerprint density at radius 2 is 1.38 bits per heavy atom. The minimum Gasteiger partial charge on any atom is -0.344 e. The second-order valence-corrected chi connectivity index (χ2v) is 2.99. The monoisotopic (exact) mass is 245 g/mol. The summed E-state index contributed by atoms with van der Waals surface area (Å²) in [5, 5.41) is 0. The molecule has 0 aromatic heterocycles. The first-order chi connectivity index (χ1) is 6.64. The molecule has 0 radical (unpaired) electrons. The number of benzene rings is 1. The van der Waals surface area contributed by atoms with E-state index in [-0.39, 0.29) is 6.15 Å². The van der Waals surface area contributed by atoms with Crippen molar-refractivity contribution in [1.82, 2.24) is 6.15 Å². The van der Waals surface area contributed by atoms with Gasteiger partial charge < -0.3 is 6.15 Å². The van der Waals surface area contributed by atoms with Crippen molar-refractivity contribution in [3.63, 3.8) is 0 Å². The molecule has 1 nitrogen and oxygen atoms in total. The second-order valence-electron chi connectivity index (χ2n) is 2.99. The van der Waals surface area contributed by atoms with Gasteiger partial charge in [-0.15, -0.1) is 0 Å². The molecule has 0 aliphatic carbocycles. The Kier molecular flexibility index (Phi) is 3.99. The topological polar surface area (TPSA) is 35.0 Å². The van der Waals surface area contributed by atoms with E-state index in [9.17, 15) is 26.3 Å². The number of hydrogen-bond donors (Lipinski definition) is 1. The van der Waals surface area contributed by atoms with E-state index in [1.54, 1.807) is 0 Å². The highest BCUT2D eigenvalue weighted by molar-refractivity contribution is 5.38. The molecule has 0 saturated heterocycles. The van der Waals surface area contributed by atoms with E-state index >= 15 is 0 Å². The molecular weight excluding hydrogens is 236 g/mol. The largest absolute Gasteiger partial charge is 0.417 e. The molecule has 0 saturated carbocycles. The maximum atomic E-state index is 12.3.